The molecule has 1 aliphatic rings. The maximum Gasteiger partial charge on any atom is 0.168 e. The first-order chi connectivity index (χ1) is 11.1. The van der Waals surface area contributed by atoms with Gasteiger partial charge in [0.15, 0.2) is 5.78 Å². The SMILES string of the molecule is CC1(C(=O)C(Cc2ccc(F)cc2)n2cncn2)COCOC1. The van der Waals surface area contributed by atoms with Crippen LogP contribution < -0.4 is 0 Å². The number of aromatic nitrogens is 3. The molecule has 2 heterocycles. The number of nitrogens with zero attached hydrogens (tertiary/aromatic N) is 3. The summed E-state index contributed by atoms with van der Waals surface area (Å²) in [5, 5.41) is 4.11. The molecule has 1 saturated heterocycles. The number of carbonyl (C=O) groups is 1. The molecule has 0 radical (unpaired) electrons. The van der Waals surface area contributed by atoms with Crippen molar-refractivity contribution in [2.75, 3.05) is 20.0 Å². The number of ether oxygens (including phenoxy) is 2. The molecular weight excluding hydrogens is 301 g/mol. The Bertz CT molecular complexity index is 652. The minimum Gasteiger partial charge on any atom is -0.354 e. The first-order valence-corrected chi connectivity index (χ1v) is 7.37. The third kappa shape index (κ3) is 3.46. The van der Waals surface area contributed by atoms with Crippen LogP contribution in [0.5, 0.6) is 0 Å². The predicted molar refractivity (Wildman–Crippen MR) is 79.0 cm³/mol. The Kier molecular flexibility index (Phi) is 4.49. The lowest BCUT2D eigenvalue weighted by Gasteiger charge is -2.34. The van der Waals surface area contributed by atoms with Gasteiger partial charge >= 0.3 is 0 Å². The Balaban J connectivity index is 1.86. The number of ketones is 1. The molecule has 3 rings (SSSR count). The smallest absolute Gasteiger partial charge is 0.168 e. The number of rotatable bonds is 5. The maximum atomic E-state index is 13.1. The lowest BCUT2D eigenvalue weighted by Crippen LogP contribution is -2.45. The van der Waals surface area contributed by atoms with Gasteiger partial charge in [-0.2, -0.15) is 5.10 Å². The second kappa shape index (κ2) is 6.55. The Morgan fingerprint density at radius 3 is 2.65 bits per heavy atom. The quantitative estimate of drug-likeness (QED) is 0.840. The summed E-state index contributed by atoms with van der Waals surface area (Å²) in [4.78, 5) is 17.0. The van der Waals surface area contributed by atoms with Crippen molar-refractivity contribution in [3.63, 3.8) is 0 Å². The van der Waals surface area contributed by atoms with Gasteiger partial charge in [-0.05, 0) is 24.6 Å². The molecule has 0 saturated carbocycles. The fourth-order valence-corrected chi connectivity index (χ4v) is 2.71. The van der Waals surface area contributed by atoms with E-state index < -0.39 is 11.5 Å². The third-order valence-corrected chi connectivity index (χ3v) is 4.00. The summed E-state index contributed by atoms with van der Waals surface area (Å²) >= 11 is 0. The Morgan fingerprint density at radius 2 is 2.04 bits per heavy atom. The summed E-state index contributed by atoms with van der Waals surface area (Å²) in [7, 11) is 0. The van der Waals surface area contributed by atoms with Crippen molar-refractivity contribution < 1.29 is 18.7 Å². The molecule has 1 aromatic heterocycles. The minimum atomic E-state index is -0.741. The highest BCUT2D eigenvalue weighted by Gasteiger charge is 2.41. The summed E-state index contributed by atoms with van der Waals surface area (Å²) in [6.07, 6.45) is 3.30. The van der Waals surface area contributed by atoms with Crippen LogP contribution in [0.4, 0.5) is 4.39 Å². The van der Waals surface area contributed by atoms with Crippen molar-refractivity contribution in [2.45, 2.75) is 19.4 Å². The number of halogens is 1. The summed E-state index contributed by atoms with van der Waals surface area (Å²) in [6.45, 7) is 2.64. The summed E-state index contributed by atoms with van der Waals surface area (Å²) in [5.74, 6) is -0.342. The van der Waals surface area contributed by atoms with Crippen molar-refractivity contribution in [1.82, 2.24) is 14.8 Å². The van der Waals surface area contributed by atoms with Crippen LogP contribution in [0, 0.1) is 11.2 Å². The molecule has 0 spiro atoms. The number of benzene rings is 1. The topological polar surface area (TPSA) is 66.2 Å². The first-order valence-electron chi connectivity index (χ1n) is 7.37. The van der Waals surface area contributed by atoms with E-state index >= 15 is 0 Å². The fraction of sp³-hybridized carbons (Fsp3) is 0.438. The van der Waals surface area contributed by atoms with Crippen LogP contribution in [0.3, 0.4) is 0 Å². The van der Waals surface area contributed by atoms with E-state index in [9.17, 15) is 9.18 Å². The van der Waals surface area contributed by atoms with Gasteiger partial charge in [0.1, 0.15) is 31.3 Å². The summed E-state index contributed by atoms with van der Waals surface area (Å²) in [5.41, 5.74) is 0.107. The molecule has 1 aromatic carbocycles. The van der Waals surface area contributed by atoms with Gasteiger partial charge in [0.2, 0.25) is 0 Å². The second-order valence-electron chi connectivity index (χ2n) is 5.96. The van der Waals surface area contributed by atoms with Crippen molar-refractivity contribution in [3.05, 3.63) is 48.3 Å². The minimum absolute atomic E-state index is 0.0352. The van der Waals surface area contributed by atoms with Gasteiger partial charge in [0.05, 0.1) is 18.6 Å². The molecule has 7 heteroatoms. The predicted octanol–water partition coefficient (Wildman–Crippen LogP) is 1.78. The van der Waals surface area contributed by atoms with Crippen molar-refractivity contribution in [2.24, 2.45) is 5.41 Å². The number of carbonyl (C=O) groups excluding carboxylic acids is 1. The van der Waals surface area contributed by atoms with Crippen LogP contribution in [-0.2, 0) is 20.7 Å². The van der Waals surface area contributed by atoms with E-state index in [4.69, 9.17) is 9.47 Å². The molecule has 2 aromatic rings. The van der Waals surface area contributed by atoms with Crippen molar-refractivity contribution in [3.8, 4) is 0 Å². The number of hydrogen-bond donors (Lipinski definition) is 0. The van der Waals surface area contributed by atoms with E-state index in [1.807, 2.05) is 6.92 Å². The third-order valence-electron chi connectivity index (χ3n) is 4.00. The monoisotopic (exact) mass is 319 g/mol. The standard InChI is InChI=1S/C16H18FN3O3/c1-16(7-22-11-23-8-16)15(21)14(20-10-18-9-19-20)6-12-2-4-13(17)5-3-12/h2-5,9-10,14H,6-8,11H2,1H3. The number of Topliss-reactive ketones (excluding diaryl/α,β-unsaturated/α-hetero) is 1. The fourth-order valence-electron chi connectivity index (χ4n) is 2.71. The van der Waals surface area contributed by atoms with Crippen LogP contribution in [0.1, 0.15) is 18.5 Å². The normalized spacial score (nSPS) is 18.5. The van der Waals surface area contributed by atoms with Gasteiger partial charge in [-0.25, -0.2) is 14.1 Å². The lowest BCUT2D eigenvalue weighted by molar-refractivity contribution is -0.174. The molecular formula is C16H18FN3O3. The molecule has 0 aliphatic carbocycles. The van der Waals surface area contributed by atoms with E-state index in [1.54, 1.807) is 12.1 Å². The molecule has 1 atom stereocenters. The molecule has 1 aliphatic heterocycles. The first kappa shape index (κ1) is 15.8. The zero-order valence-electron chi connectivity index (χ0n) is 12.8. The zero-order chi connectivity index (χ0) is 16.3. The summed E-state index contributed by atoms with van der Waals surface area (Å²) < 4.78 is 25.2. The molecule has 6 nitrogen and oxygen atoms in total. The highest BCUT2D eigenvalue weighted by molar-refractivity contribution is 5.88. The van der Waals surface area contributed by atoms with Crippen molar-refractivity contribution >= 4 is 5.78 Å². The maximum absolute atomic E-state index is 13.1. The van der Waals surface area contributed by atoms with Crippen LogP contribution >= 0.6 is 0 Å². The van der Waals surface area contributed by atoms with E-state index in [0.29, 0.717) is 19.6 Å². The highest BCUT2D eigenvalue weighted by atomic mass is 19.1. The molecule has 1 unspecified atom stereocenters. The zero-order valence-corrected chi connectivity index (χ0v) is 12.8. The van der Waals surface area contributed by atoms with E-state index in [2.05, 4.69) is 10.1 Å². The van der Waals surface area contributed by atoms with Crippen molar-refractivity contribution in [1.29, 1.82) is 0 Å². The average Bonchev–Trinajstić information content (AvgIpc) is 3.08. The van der Waals surface area contributed by atoms with E-state index in [-0.39, 0.29) is 18.4 Å². The van der Waals surface area contributed by atoms with Crippen LogP contribution in [0.15, 0.2) is 36.9 Å². The van der Waals surface area contributed by atoms with Gasteiger partial charge in [-0.1, -0.05) is 12.1 Å². The largest absolute Gasteiger partial charge is 0.354 e. The van der Waals surface area contributed by atoms with Gasteiger partial charge in [-0.15, -0.1) is 0 Å². The van der Waals surface area contributed by atoms with Crippen LogP contribution in [0.2, 0.25) is 0 Å². The van der Waals surface area contributed by atoms with Gasteiger partial charge in [0.25, 0.3) is 0 Å². The molecule has 23 heavy (non-hydrogen) atoms. The van der Waals surface area contributed by atoms with E-state index in [1.165, 1.54) is 29.5 Å². The molecule has 0 amide bonds. The summed E-state index contributed by atoms with van der Waals surface area (Å²) in [6, 6.07) is 5.56. The van der Waals surface area contributed by atoms with Gasteiger partial charge in [0, 0.05) is 6.42 Å². The van der Waals surface area contributed by atoms with Crippen LogP contribution in [0.25, 0.3) is 0 Å². The Morgan fingerprint density at radius 1 is 1.35 bits per heavy atom. The molecule has 0 N–H and O–H groups in total. The lowest BCUT2D eigenvalue weighted by atomic mass is 9.81. The van der Waals surface area contributed by atoms with E-state index in [0.717, 1.165) is 5.56 Å². The Hall–Kier alpha value is -2.12. The number of hydrogen-bond acceptors (Lipinski definition) is 5. The average molecular weight is 319 g/mol. The molecule has 122 valence electrons. The molecule has 1 fully saturated rings. The van der Waals surface area contributed by atoms with Gasteiger partial charge < -0.3 is 9.47 Å². The second-order valence-corrected chi connectivity index (χ2v) is 5.96. The van der Waals surface area contributed by atoms with Gasteiger partial charge in [-0.3, -0.25) is 4.79 Å². The van der Waals surface area contributed by atoms with Crippen LogP contribution in [-0.4, -0.2) is 40.6 Å². The highest BCUT2D eigenvalue weighted by Crippen LogP contribution is 2.30. The molecule has 0 bridgehead atoms. The Labute approximate surface area is 133 Å².